The molecule has 2 aliphatic rings. The summed E-state index contributed by atoms with van der Waals surface area (Å²) in [5.41, 5.74) is 2.69. The maximum Gasteiger partial charge on any atom is 0.330 e. The van der Waals surface area contributed by atoms with Crippen LogP contribution in [0.25, 0.3) is 0 Å². The first kappa shape index (κ1) is 10.9. The predicted octanol–water partition coefficient (Wildman–Crippen LogP) is -0.222. The second kappa shape index (κ2) is 4.98. The minimum Gasteiger partial charge on any atom is -0.464 e. The van der Waals surface area contributed by atoms with Gasteiger partial charge in [-0.1, -0.05) is 12.2 Å². The zero-order valence-electron chi connectivity index (χ0n) is 8.94. The van der Waals surface area contributed by atoms with E-state index in [0.29, 0.717) is 19.6 Å². The summed E-state index contributed by atoms with van der Waals surface area (Å²) in [6.45, 7) is 1.87. The molecular weight excluding hydrogens is 210 g/mol. The zero-order valence-corrected chi connectivity index (χ0v) is 8.94. The molecule has 1 saturated heterocycles. The smallest absolute Gasteiger partial charge is 0.330 e. The van der Waals surface area contributed by atoms with Crippen molar-refractivity contribution in [2.45, 2.75) is 18.9 Å². The fraction of sp³-hybridized carbons (Fsp3) is 0.600. The molecule has 0 aromatic heterocycles. The van der Waals surface area contributed by atoms with Gasteiger partial charge in [-0.05, 0) is 6.42 Å². The third kappa shape index (κ3) is 2.73. The molecule has 0 spiro atoms. The van der Waals surface area contributed by atoms with Crippen LogP contribution in [0.4, 0.5) is 4.79 Å². The lowest BCUT2D eigenvalue weighted by molar-refractivity contribution is -0.139. The number of hydrazine groups is 1. The number of nitrogens with one attached hydrogen (secondary N) is 2. The molecule has 0 saturated carbocycles. The van der Waals surface area contributed by atoms with Crippen molar-refractivity contribution in [1.82, 2.24) is 15.8 Å². The Morgan fingerprint density at radius 2 is 2.38 bits per heavy atom. The summed E-state index contributed by atoms with van der Waals surface area (Å²) in [6.07, 6.45) is 5.54. The molecule has 88 valence electrons. The maximum absolute atomic E-state index is 11.5. The van der Waals surface area contributed by atoms with Crippen molar-refractivity contribution in [2.24, 2.45) is 0 Å². The molecule has 6 nitrogen and oxygen atoms in total. The van der Waals surface area contributed by atoms with Crippen molar-refractivity contribution in [1.29, 1.82) is 0 Å². The van der Waals surface area contributed by atoms with Crippen LogP contribution >= 0.6 is 0 Å². The van der Waals surface area contributed by atoms with E-state index in [1.165, 1.54) is 0 Å². The van der Waals surface area contributed by atoms with Gasteiger partial charge in [0.15, 0.2) is 0 Å². The predicted molar refractivity (Wildman–Crippen MR) is 56.4 cm³/mol. The molecule has 2 rings (SSSR count). The summed E-state index contributed by atoms with van der Waals surface area (Å²) in [7, 11) is 0. The number of cyclic esters (lactones) is 1. The Kier molecular flexibility index (Phi) is 3.40. The van der Waals surface area contributed by atoms with Crippen LogP contribution in [0.5, 0.6) is 0 Å². The fourth-order valence-corrected chi connectivity index (χ4v) is 1.70. The summed E-state index contributed by atoms with van der Waals surface area (Å²) in [5.74, 6) is -0.353. The van der Waals surface area contributed by atoms with E-state index in [4.69, 9.17) is 4.74 Å². The molecule has 2 N–H and O–H groups in total. The summed E-state index contributed by atoms with van der Waals surface area (Å²) in [6, 6.07) is -0.848. The van der Waals surface area contributed by atoms with Gasteiger partial charge >= 0.3 is 12.0 Å². The standard InChI is InChI=1S/C10H15N3O3/c14-9-8(4-7-16-9)11-10(15)12-13-5-2-1-3-6-13/h1-2,8H,3-7H2,(H2,11,12,15). The molecule has 1 fully saturated rings. The van der Waals surface area contributed by atoms with Crippen molar-refractivity contribution >= 4 is 12.0 Å². The molecular formula is C10H15N3O3. The number of amides is 2. The molecule has 2 amide bonds. The van der Waals surface area contributed by atoms with E-state index in [1.807, 2.05) is 6.08 Å². The van der Waals surface area contributed by atoms with Crippen LogP contribution in [-0.2, 0) is 9.53 Å². The van der Waals surface area contributed by atoms with Crippen molar-refractivity contribution in [2.75, 3.05) is 19.7 Å². The molecule has 16 heavy (non-hydrogen) atoms. The van der Waals surface area contributed by atoms with Crippen molar-refractivity contribution in [3.05, 3.63) is 12.2 Å². The number of ether oxygens (including phenoxy) is 1. The summed E-state index contributed by atoms with van der Waals surface area (Å²) in [4.78, 5) is 22.6. The zero-order chi connectivity index (χ0) is 11.4. The van der Waals surface area contributed by atoms with E-state index in [-0.39, 0.29) is 12.0 Å². The first-order valence-corrected chi connectivity index (χ1v) is 5.39. The molecule has 2 heterocycles. The lowest BCUT2D eigenvalue weighted by Gasteiger charge is -2.24. The quantitative estimate of drug-likeness (QED) is 0.503. The number of hydrogen-bond acceptors (Lipinski definition) is 4. The molecule has 0 radical (unpaired) electrons. The number of rotatable bonds is 2. The Morgan fingerprint density at radius 1 is 1.50 bits per heavy atom. The summed E-state index contributed by atoms with van der Waals surface area (Å²) in [5, 5.41) is 4.39. The van der Waals surface area contributed by atoms with Gasteiger partial charge in [-0.15, -0.1) is 0 Å². The van der Waals surface area contributed by atoms with Gasteiger partial charge in [0.1, 0.15) is 6.04 Å². The minimum absolute atomic E-state index is 0.348. The highest BCUT2D eigenvalue weighted by atomic mass is 16.5. The van der Waals surface area contributed by atoms with Crippen molar-refractivity contribution in [3.63, 3.8) is 0 Å². The van der Waals surface area contributed by atoms with Crippen LogP contribution in [0.3, 0.4) is 0 Å². The molecule has 2 aliphatic heterocycles. The monoisotopic (exact) mass is 225 g/mol. The lowest BCUT2D eigenvalue weighted by Crippen LogP contribution is -2.51. The van der Waals surface area contributed by atoms with Crippen LogP contribution < -0.4 is 10.7 Å². The van der Waals surface area contributed by atoms with E-state index in [9.17, 15) is 9.59 Å². The number of hydrogen-bond donors (Lipinski definition) is 2. The van der Waals surface area contributed by atoms with E-state index < -0.39 is 6.04 Å². The SMILES string of the molecule is O=C(NC1CCOC1=O)NN1CC=CCC1. The number of nitrogens with zero attached hydrogens (tertiary/aromatic N) is 1. The molecule has 0 bridgehead atoms. The fourth-order valence-electron chi connectivity index (χ4n) is 1.70. The van der Waals surface area contributed by atoms with Crippen LogP contribution in [0.15, 0.2) is 12.2 Å². The first-order chi connectivity index (χ1) is 7.75. The summed E-state index contributed by atoms with van der Waals surface area (Å²) >= 11 is 0. The second-order valence-corrected chi connectivity index (χ2v) is 3.80. The second-order valence-electron chi connectivity index (χ2n) is 3.80. The van der Waals surface area contributed by atoms with Gasteiger partial charge in [0.25, 0.3) is 0 Å². The molecule has 0 aromatic rings. The normalized spacial score (nSPS) is 25.2. The van der Waals surface area contributed by atoms with Crippen LogP contribution in [-0.4, -0.2) is 42.7 Å². The molecule has 1 unspecified atom stereocenters. The maximum atomic E-state index is 11.5. The van der Waals surface area contributed by atoms with Gasteiger partial charge in [-0.25, -0.2) is 14.6 Å². The van der Waals surface area contributed by atoms with Crippen LogP contribution in [0.1, 0.15) is 12.8 Å². The average molecular weight is 225 g/mol. The van der Waals surface area contributed by atoms with Gasteiger partial charge in [0.05, 0.1) is 6.61 Å². The van der Waals surface area contributed by atoms with E-state index >= 15 is 0 Å². The van der Waals surface area contributed by atoms with Gasteiger partial charge < -0.3 is 10.1 Å². The number of carbonyl (C=O) groups is 2. The van der Waals surface area contributed by atoms with E-state index in [2.05, 4.69) is 16.8 Å². The van der Waals surface area contributed by atoms with Gasteiger partial charge in [-0.2, -0.15) is 0 Å². The summed E-state index contributed by atoms with van der Waals surface area (Å²) < 4.78 is 4.75. The van der Waals surface area contributed by atoms with Crippen molar-refractivity contribution < 1.29 is 14.3 Å². The Labute approximate surface area is 93.6 Å². The van der Waals surface area contributed by atoms with E-state index in [1.54, 1.807) is 5.01 Å². The third-order valence-electron chi connectivity index (χ3n) is 2.56. The highest BCUT2D eigenvalue weighted by Gasteiger charge is 2.28. The molecule has 0 aromatic carbocycles. The highest BCUT2D eigenvalue weighted by molar-refractivity contribution is 5.84. The lowest BCUT2D eigenvalue weighted by atomic mass is 10.2. The van der Waals surface area contributed by atoms with Crippen molar-refractivity contribution in [3.8, 4) is 0 Å². The van der Waals surface area contributed by atoms with Gasteiger partial charge in [-0.3, -0.25) is 5.43 Å². The average Bonchev–Trinajstić information content (AvgIpc) is 2.66. The number of carbonyl (C=O) groups excluding carboxylic acids is 2. The highest BCUT2D eigenvalue weighted by Crippen LogP contribution is 2.05. The Hall–Kier alpha value is -1.56. The van der Waals surface area contributed by atoms with Crippen LogP contribution in [0.2, 0.25) is 0 Å². The van der Waals surface area contributed by atoms with Gasteiger partial charge in [0.2, 0.25) is 0 Å². The Balaban J connectivity index is 1.75. The largest absolute Gasteiger partial charge is 0.464 e. The van der Waals surface area contributed by atoms with Gasteiger partial charge in [0, 0.05) is 19.5 Å². The molecule has 1 atom stereocenters. The topological polar surface area (TPSA) is 70.7 Å². The molecule has 6 heteroatoms. The Bertz CT molecular complexity index is 316. The molecule has 0 aliphatic carbocycles. The number of urea groups is 1. The van der Waals surface area contributed by atoms with Crippen LogP contribution in [0, 0.1) is 0 Å². The van der Waals surface area contributed by atoms with E-state index in [0.717, 1.165) is 13.0 Å². The first-order valence-electron chi connectivity index (χ1n) is 5.39. The number of esters is 1. The minimum atomic E-state index is -0.500. The third-order valence-corrected chi connectivity index (χ3v) is 2.56. The Morgan fingerprint density at radius 3 is 3.00 bits per heavy atom.